The van der Waals surface area contributed by atoms with Gasteiger partial charge in [0.05, 0.1) is 19.3 Å². The van der Waals surface area contributed by atoms with Crippen LogP contribution in [0.3, 0.4) is 0 Å². The van der Waals surface area contributed by atoms with Gasteiger partial charge in [-0.05, 0) is 29.2 Å². The quantitative estimate of drug-likeness (QED) is 0.742. The first-order valence-corrected chi connectivity index (χ1v) is 10.1. The number of aliphatic carboxylic acids is 1. The number of fused-ring (bicyclic) bond motifs is 1. The molecule has 0 amide bonds. The molecular weight excluding hydrogens is 415 g/mol. The van der Waals surface area contributed by atoms with Crippen LogP contribution in [0.5, 0.6) is 0 Å². The summed E-state index contributed by atoms with van der Waals surface area (Å²) in [6, 6.07) is 14.8. The van der Waals surface area contributed by atoms with Crippen LogP contribution in [0.1, 0.15) is 18.4 Å². The summed E-state index contributed by atoms with van der Waals surface area (Å²) in [5.74, 6) is -2.76. The van der Waals surface area contributed by atoms with E-state index >= 15 is 0 Å². The lowest BCUT2D eigenvalue weighted by Crippen LogP contribution is -2.59. The fraction of sp³-hybridized carbons (Fsp3) is 0.500. The van der Waals surface area contributed by atoms with Crippen molar-refractivity contribution >= 4 is 16.7 Å². The minimum absolute atomic E-state index is 0.261. The number of ether oxygens (including phenoxy) is 2. The number of carboxylic acid groups (broad SMARTS) is 1. The molecule has 0 spiro atoms. The molecule has 0 bridgehead atoms. The number of benzene rings is 2. The molecule has 2 aliphatic heterocycles. The second kappa shape index (κ2) is 9.95. The maximum absolute atomic E-state index is 10.6. The van der Waals surface area contributed by atoms with E-state index in [9.17, 15) is 18.3 Å². The summed E-state index contributed by atoms with van der Waals surface area (Å²) in [5, 5.41) is 20.2. The second-order valence-electron chi connectivity index (χ2n) is 7.95. The van der Waals surface area contributed by atoms with Gasteiger partial charge in [-0.1, -0.05) is 42.5 Å². The number of likely N-dealkylation sites (tertiary alicyclic amines) is 1. The van der Waals surface area contributed by atoms with E-state index in [0.29, 0.717) is 19.8 Å². The Morgan fingerprint density at radius 3 is 2.52 bits per heavy atom. The summed E-state index contributed by atoms with van der Waals surface area (Å²) in [7, 11) is 0. The monoisotopic (exact) mass is 441 g/mol. The number of carboxylic acids is 1. The summed E-state index contributed by atoms with van der Waals surface area (Å²) < 4.78 is 43.2. The van der Waals surface area contributed by atoms with E-state index < -0.39 is 17.7 Å². The standard InChI is InChI=1S/C20H25NO3.C2HF3O2/c22-20(9-4-10-23-15-20)14-21-11-18(12-21)24-13-17-7-3-6-16-5-1-2-8-19(16)17;3-2(4,5)1(6)7/h1-3,5-8,18,22H,4,9-15H2;(H,6,7). The fourth-order valence-corrected chi connectivity index (χ4v) is 3.76. The molecule has 0 aliphatic carbocycles. The van der Waals surface area contributed by atoms with E-state index in [2.05, 4.69) is 47.4 Å². The lowest BCUT2D eigenvalue weighted by atomic mass is 9.94. The van der Waals surface area contributed by atoms with Gasteiger partial charge in [0.1, 0.15) is 5.60 Å². The van der Waals surface area contributed by atoms with E-state index in [0.717, 1.165) is 32.5 Å². The third kappa shape index (κ3) is 6.64. The fourth-order valence-electron chi connectivity index (χ4n) is 3.76. The number of halogens is 3. The number of carbonyl (C=O) groups is 1. The molecule has 31 heavy (non-hydrogen) atoms. The number of nitrogens with zero attached hydrogens (tertiary/aromatic N) is 1. The van der Waals surface area contributed by atoms with Gasteiger partial charge < -0.3 is 19.7 Å². The van der Waals surface area contributed by atoms with Crippen molar-refractivity contribution in [2.24, 2.45) is 0 Å². The van der Waals surface area contributed by atoms with Crippen molar-refractivity contribution in [1.82, 2.24) is 4.90 Å². The van der Waals surface area contributed by atoms with Gasteiger partial charge in [-0.15, -0.1) is 0 Å². The van der Waals surface area contributed by atoms with Gasteiger partial charge in [0.2, 0.25) is 0 Å². The predicted octanol–water partition coefficient (Wildman–Crippen LogP) is 3.22. The van der Waals surface area contributed by atoms with Gasteiger partial charge in [0, 0.05) is 26.2 Å². The summed E-state index contributed by atoms with van der Waals surface area (Å²) in [6.45, 7) is 4.37. The van der Waals surface area contributed by atoms with Crippen molar-refractivity contribution in [3.8, 4) is 0 Å². The van der Waals surface area contributed by atoms with Crippen LogP contribution in [0.15, 0.2) is 42.5 Å². The minimum atomic E-state index is -5.08. The van der Waals surface area contributed by atoms with Crippen molar-refractivity contribution in [3.63, 3.8) is 0 Å². The number of rotatable bonds is 5. The van der Waals surface area contributed by atoms with E-state index in [4.69, 9.17) is 19.4 Å². The average molecular weight is 441 g/mol. The largest absolute Gasteiger partial charge is 0.490 e. The maximum Gasteiger partial charge on any atom is 0.490 e. The highest BCUT2D eigenvalue weighted by Gasteiger charge is 2.38. The van der Waals surface area contributed by atoms with E-state index in [1.165, 1.54) is 16.3 Å². The van der Waals surface area contributed by atoms with Crippen molar-refractivity contribution in [2.75, 3.05) is 32.8 Å². The average Bonchev–Trinajstić information content (AvgIpc) is 2.70. The van der Waals surface area contributed by atoms with E-state index in [1.54, 1.807) is 0 Å². The molecule has 4 rings (SSSR count). The van der Waals surface area contributed by atoms with Crippen LogP contribution >= 0.6 is 0 Å². The molecule has 1 atom stereocenters. The first-order chi connectivity index (χ1) is 14.7. The van der Waals surface area contributed by atoms with Crippen LogP contribution in [0, 0.1) is 0 Å². The topological polar surface area (TPSA) is 79.2 Å². The molecule has 0 aromatic heterocycles. The Bertz CT molecular complexity index is 872. The minimum Gasteiger partial charge on any atom is -0.475 e. The smallest absolute Gasteiger partial charge is 0.475 e. The third-order valence-electron chi connectivity index (χ3n) is 5.34. The molecule has 1 unspecified atom stereocenters. The van der Waals surface area contributed by atoms with Crippen LogP contribution in [0.25, 0.3) is 10.8 Å². The van der Waals surface area contributed by atoms with Gasteiger partial charge in [0.25, 0.3) is 0 Å². The number of aliphatic hydroxyl groups is 1. The zero-order valence-corrected chi connectivity index (χ0v) is 17.0. The highest BCUT2D eigenvalue weighted by atomic mass is 19.4. The Morgan fingerprint density at radius 1 is 1.19 bits per heavy atom. The lowest BCUT2D eigenvalue weighted by Gasteiger charge is -2.44. The molecule has 0 saturated carbocycles. The van der Waals surface area contributed by atoms with Crippen LogP contribution < -0.4 is 0 Å². The third-order valence-corrected chi connectivity index (χ3v) is 5.34. The number of hydrogen-bond donors (Lipinski definition) is 2. The van der Waals surface area contributed by atoms with E-state index in [-0.39, 0.29) is 6.10 Å². The molecule has 6 nitrogen and oxygen atoms in total. The molecule has 9 heteroatoms. The first kappa shape index (κ1) is 23.5. The Balaban J connectivity index is 0.000000339. The normalized spacial score (nSPS) is 22.5. The summed E-state index contributed by atoms with van der Waals surface area (Å²) in [4.78, 5) is 11.2. The SMILES string of the molecule is O=C(O)C(F)(F)F.OC1(CN2CC(OCc3cccc4ccccc34)C2)CCCOC1. The molecule has 170 valence electrons. The second-order valence-corrected chi connectivity index (χ2v) is 7.95. The zero-order valence-electron chi connectivity index (χ0n) is 17.0. The Hall–Kier alpha value is -2.20. The molecule has 0 radical (unpaired) electrons. The molecule has 2 fully saturated rings. The van der Waals surface area contributed by atoms with Gasteiger partial charge in [0.15, 0.2) is 0 Å². The Morgan fingerprint density at radius 2 is 1.87 bits per heavy atom. The van der Waals surface area contributed by atoms with Crippen LogP contribution in [0.2, 0.25) is 0 Å². The highest BCUT2D eigenvalue weighted by Crippen LogP contribution is 2.25. The van der Waals surface area contributed by atoms with Crippen molar-refractivity contribution in [1.29, 1.82) is 0 Å². The van der Waals surface area contributed by atoms with Crippen molar-refractivity contribution in [2.45, 2.75) is 37.3 Å². The highest BCUT2D eigenvalue weighted by molar-refractivity contribution is 5.85. The number of alkyl halides is 3. The molecule has 2 N–H and O–H groups in total. The summed E-state index contributed by atoms with van der Waals surface area (Å²) >= 11 is 0. The molecular formula is C22H26F3NO5. The van der Waals surface area contributed by atoms with Gasteiger partial charge in [-0.2, -0.15) is 13.2 Å². The molecule has 2 aromatic rings. The van der Waals surface area contributed by atoms with Gasteiger partial charge in [-0.3, -0.25) is 4.90 Å². The molecule has 2 saturated heterocycles. The van der Waals surface area contributed by atoms with Gasteiger partial charge >= 0.3 is 12.1 Å². The Labute approximate surface area is 178 Å². The van der Waals surface area contributed by atoms with Crippen molar-refractivity contribution < 1.29 is 37.7 Å². The Kier molecular flexibility index (Phi) is 7.53. The lowest BCUT2D eigenvalue weighted by molar-refractivity contribution is -0.192. The first-order valence-electron chi connectivity index (χ1n) is 10.1. The van der Waals surface area contributed by atoms with Crippen LogP contribution in [-0.2, 0) is 20.9 Å². The number of β-amino-alcohol motifs (C(OH)–C–C–N with tert-alkyl or cyclic N) is 1. The van der Waals surface area contributed by atoms with Gasteiger partial charge in [-0.25, -0.2) is 4.79 Å². The predicted molar refractivity (Wildman–Crippen MR) is 108 cm³/mol. The van der Waals surface area contributed by atoms with Crippen LogP contribution in [-0.4, -0.2) is 71.8 Å². The molecule has 2 heterocycles. The van der Waals surface area contributed by atoms with Crippen LogP contribution in [0.4, 0.5) is 13.2 Å². The maximum atomic E-state index is 10.6. The molecule has 2 aliphatic rings. The molecule has 2 aromatic carbocycles. The number of hydrogen-bond acceptors (Lipinski definition) is 5. The summed E-state index contributed by atoms with van der Waals surface area (Å²) in [6.07, 6.45) is -3.03. The zero-order chi connectivity index (χ0) is 22.5. The summed E-state index contributed by atoms with van der Waals surface area (Å²) in [5.41, 5.74) is 0.574. The van der Waals surface area contributed by atoms with E-state index in [1.807, 2.05) is 0 Å². The van der Waals surface area contributed by atoms with Crippen molar-refractivity contribution in [3.05, 3.63) is 48.0 Å².